The molecular formula is C21H28ClN5O3. The molecule has 0 spiro atoms. The molecule has 0 saturated carbocycles. The van der Waals surface area contributed by atoms with Gasteiger partial charge in [-0.05, 0) is 30.9 Å². The topological polar surface area (TPSA) is 113 Å². The van der Waals surface area contributed by atoms with Gasteiger partial charge in [-0.15, -0.1) is 0 Å². The van der Waals surface area contributed by atoms with Gasteiger partial charge in [-0.25, -0.2) is 4.68 Å². The predicted molar refractivity (Wildman–Crippen MR) is 114 cm³/mol. The van der Waals surface area contributed by atoms with Crippen LogP contribution in [0.3, 0.4) is 0 Å². The van der Waals surface area contributed by atoms with E-state index in [1.165, 1.54) is 6.92 Å². The van der Waals surface area contributed by atoms with E-state index >= 15 is 0 Å². The molecule has 0 unspecified atom stereocenters. The van der Waals surface area contributed by atoms with E-state index in [2.05, 4.69) is 24.3 Å². The Labute approximate surface area is 181 Å². The average molecular weight is 434 g/mol. The summed E-state index contributed by atoms with van der Waals surface area (Å²) >= 11 is 6.38. The first-order chi connectivity index (χ1) is 14.1. The van der Waals surface area contributed by atoms with E-state index in [1.807, 2.05) is 28.9 Å². The Kier molecular flexibility index (Phi) is 6.50. The molecule has 0 radical (unpaired) electrons. The number of fused-ring (bicyclic) bond motifs is 1. The highest BCUT2D eigenvalue weighted by Crippen LogP contribution is 2.33. The van der Waals surface area contributed by atoms with Crippen molar-refractivity contribution in [2.45, 2.75) is 45.9 Å². The molecule has 2 heterocycles. The van der Waals surface area contributed by atoms with Crippen LogP contribution in [0, 0.1) is 5.41 Å². The van der Waals surface area contributed by atoms with Crippen LogP contribution in [0.15, 0.2) is 30.5 Å². The molecule has 1 aromatic heterocycles. The van der Waals surface area contributed by atoms with Gasteiger partial charge in [-0.2, -0.15) is 5.10 Å². The Hall–Kier alpha value is -2.42. The van der Waals surface area contributed by atoms with Gasteiger partial charge in [0.25, 0.3) is 0 Å². The SMILES string of the molecule is C[C@H](O)[C@@H](NC(=O)CN)C(=O)N1Cc2cnn(-c3ccccc3Cl)c2CC(C)(C)C1. The van der Waals surface area contributed by atoms with Crippen molar-refractivity contribution in [1.29, 1.82) is 0 Å². The summed E-state index contributed by atoms with van der Waals surface area (Å²) in [5.41, 5.74) is 7.78. The van der Waals surface area contributed by atoms with Gasteiger partial charge >= 0.3 is 0 Å². The lowest BCUT2D eigenvalue weighted by Gasteiger charge is -2.33. The van der Waals surface area contributed by atoms with Crippen LogP contribution in [0.4, 0.5) is 0 Å². The van der Waals surface area contributed by atoms with Crippen LogP contribution in [0.5, 0.6) is 0 Å². The first kappa shape index (κ1) is 22.3. The van der Waals surface area contributed by atoms with Gasteiger partial charge in [0.2, 0.25) is 11.8 Å². The van der Waals surface area contributed by atoms with E-state index < -0.39 is 18.1 Å². The Bertz CT molecular complexity index is 940. The molecule has 0 saturated heterocycles. The third-order valence-electron chi connectivity index (χ3n) is 5.22. The van der Waals surface area contributed by atoms with Gasteiger partial charge < -0.3 is 21.1 Å². The number of para-hydroxylation sites is 1. The lowest BCUT2D eigenvalue weighted by molar-refractivity contribution is -0.140. The number of aromatic nitrogens is 2. The van der Waals surface area contributed by atoms with E-state index in [-0.39, 0.29) is 17.9 Å². The molecule has 4 N–H and O–H groups in total. The standard InChI is InChI=1S/C21H28ClN5O3/c1-13(28)19(25-18(29)9-23)20(30)26-11-14-10-24-27(16-7-5-4-6-15(16)22)17(14)8-21(2,3)12-26/h4-7,10,13,19,28H,8-9,11-12,23H2,1-3H3,(H,25,29)/t13-,19+/m0/s1. The van der Waals surface area contributed by atoms with Gasteiger partial charge in [0, 0.05) is 24.3 Å². The zero-order chi connectivity index (χ0) is 22.1. The number of rotatable bonds is 5. The number of nitrogens with one attached hydrogen (secondary N) is 1. The van der Waals surface area contributed by atoms with Crippen molar-refractivity contribution >= 4 is 23.4 Å². The second kappa shape index (κ2) is 8.75. The average Bonchev–Trinajstić information content (AvgIpc) is 2.99. The number of halogens is 1. The van der Waals surface area contributed by atoms with E-state index in [9.17, 15) is 14.7 Å². The van der Waals surface area contributed by atoms with E-state index in [4.69, 9.17) is 17.3 Å². The Balaban J connectivity index is 1.95. The predicted octanol–water partition coefficient (Wildman–Crippen LogP) is 1.26. The fraction of sp³-hybridized carbons (Fsp3) is 0.476. The van der Waals surface area contributed by atoms with Crippen LogP contribution in [-0.4, -0.2) is 56.8 Å². The fourth-order valence-corrected chi connectivity index (χ4v) is 4.04. The van der Waals surface area contributed by atoms with Crippen molar-refractivity contribution in [3.05, 3.63) is 46.7 Å². The minimum absolute atomic E-state index is 0.253. The highest BCUT2D eigenvalue weighted by Gasteiger charge is 2.37. The van der Waals surface area contributed by atoms with Crippen LogP contribution < -0.4 is 11.1 Å². The van der Waals surface area contributed by atoms with Gasteiger partial charge in [0.05, 0.1) is 29.6 Å². The van der Waals surface area contributed by atoms with Crippen molar-refractivity contribution in [2.75, 3.05) is 13.1 Å². The number of aliphatic hydroxyl groups is 1. The van der Waals surface area contributed by atoms with Crippen molar-refractivity contribution in [3.8, 4) is 5.69 Å². The first-order valence-electron chi connectivity index (χ1n) is 9.90. The van der Waals surface area contributed by atoms with Crippen LogP contribution in [0.1, 0.15) is 32.0 Å². The van der Waals surface area contributed by atoms with Gasteiger partial charge in [-0.1, -0.05) is 37.6 Å². The van der Waals surface area contributed by atoms with E-state index in [0.29, 0.717) is 24.5 Å². The third-order valence-corrected chi connectivity index (χ3v) is 5.54. The Morgan fingerprint density at radius 1 is 1.37 bits per heavy atom. The lowest BCUT2D eigenvalue weighted by atomic mass is 9.87. The molecule has 2 atom stereocenters. The number of nitrogens with zero attached hydrogens (tertiary/aromatic N) is 3. The number of carbonyl (C=O) groups is 2. The van der Waals surface area contributed by atoms with E-state index in [1.54, 1.807) is 11.1 Å². The molecule has 3 rings (SSSR count). The molecule has 0 aliphatic carbocycles. The number of carbonyl (C=O) groups excluding carboxylic acids is 2. The fourth-order valence-electron chi connectivity index (χ4n) is 3.82. The van der Waals surface area contributed by atoms with Gasteiger partial charge in [-0.3, -0.25) is 9.59 Å². The molecule has 1 aromatic carbocycles. The zero-order valence-electron chi connectivity index (χ0n) is 17.4. The van der Waals surface area contributed by atoms with Crippen LogP contribution >= 0.6 is 11.6 Å². The molecule has 9 heteroatoms. The van der Waals surface area contributed by atoms with E-state index in [0.717, 1.165) is 16.9 Å². The maximum absolute atomic E-state index is 13.2. The van der Waals surface area contributed by atoms with Crippen molar-refractivity contribution in [1.82, 2.24) is 20.0 Å². The number of amides is 2. The smallest absolute Gasteiger partial charge is 0.248 e. The molecule has 0 bridgehead atoms. The normalized spacial score (nSPS) is 17.6. The molecule has 1 aliphatic rings. The summed E-state index contributed by atoms with van der Waals surface area (Å²) in [5, 5.41) is 17.8. The molecular weight excluding hydrogens is 406 g/mol. The third kappa shape index (κ3) is 4.66. The summed E-state index contributed by atoms with van der Waals surface area (Å²) in [6.45, 7) is 6.15. The number of aliphatic hydroxyl groups excluding tert-OH is 1. The second-order valence-electron chi connectivity index (χ2n) is 8.50. The number of benzene rings is 1. The first-order valence-corrected chi connectivity index (χ1v) is 10.3. The van der Waals surface area contributed by atoms with Crippen LogP contribution in [0.25, 0.3) is 5.69 Å². The summed E-state index contributed by atoms with van der Waals surface area (Å²) in [5.74, 6) is -0.839. The summed E-state index contributed by atoms with van der Waals surface area (Å²) in [6.07, 6.45) is 1.38. The number of hydrogen-bond donors (Lipinski definition) is 3. The monoisotopic (exact) mass is 433 g/mol. The van der Waals surface area contributed by atoms with Crippen molar-refractivity contribution in [2.24, 2.45) is 11.1 Å². The molecule has 2 aromatic rings. The molecule has 0 fully saturated rings. The minimum Gasteiger partial charge on any atom is -0.391 e. The summed E-state index contributed by atoms with van der Waals surface area (Å²) in [7, 11) is 0. The quantitative estimate of drug-likeness (QED) is 0.657. The molecule has 2 amide bonds. The molecule has 8 nitrogen and oxygen atoms in total. The highest BCUT2D eigenvalue weighted by molar-refractivity contribution is 6.32. The zero-order valence-corrected chi connectivity index (χ0v) is 18.2. The summed E-state index contributed by atoms with van der Waals surface area (Å²) < 4.78 is 1.83. The Morgan fingerprint density at radius 3 is 2.70 bits per heavy atom. The maximum atomic E-state index is 13.2. The maximum Gasteiger partial charge on any atom is 0.248 e. The summed E-state index contributed by atoms with van der Waals surface area (Å²) in [4.78, 5) is 26.7. The lowest BCUT2D eigenvalue weighted by Crippen LogP contribution is -2.55. The summed E-state index contributed by atoms with van der Waals surface area (Å²) in [6, 6.07) is 6.43. The second-order valence-corrected chi connectivity index (χ2v) is 8.91. The largest absolute Gasteiger partial charge is 0.391 e. The van der Waals surface area contributed by atoms with Crippen LogP contribution in [0.2, 0.25) is 5.02 Å². The Morgan fingerprint density at radius 2 is 2.07 bits per heavy atom. The number of nitrogens with two attached hydrogens (primary N) is 1. The minimum atomic E-state index is -1.06. The highest BCUT2D eigenvalue weighted by atomic mass is 35.5. The number of hydrogen-bond acceptors (Lipinski definition) is 5. The van der Waals surface area contributed by atoms with Gasteiger partial charge in [0.15, 0.2) is 0 Å². The molecule has 1 aliphatic heterocycles. The molecule has 162 valence electrons. The van der Waals surface area contributed by atoms with Crippen molar-refractivity contribution in [3.63, 3.8) is 0 Å². The van der Waals surface area contributed by atoms with Gasteiger partial charge in [0.1, 0.15) is 6.04 Å². The molecule has 30 heavy (non-hydrogen) atoms. The van der Waals surface area contributed by atoms with Crippen molar-refractivity contribution < 1.29 is 14.7 Å². The van der Waals surface area contributed by atoms with Crippen LogP contribution in [-0.2, 0) is 22.6 Å².